The minimum atomic E-state index is -0.379. The number of nitrogens with one attached hydrogen (secondary N) is 2. The van der Waals surface area contributed by atoms with Crippen LogP contribution in [-0.2, 0) is 0 Å². The highest BCUT2D eigenvalue weighted by Gasteiger charge is 2.38. The Bertz CT molecular complexity index is 521. The van der Waals surface area contributed by atoms with E-state index in [0.29, 0.717) is 17.7 Å². The fraction of sp³-hybridized carbons (Fsp3) is 0.615. The van der Waals surface area contributed by atoms with Gasteiger partial charge in [-0.15, -0.1) is 0 Å². The molecular weight excluding hydrogens is 258 g/mol. The summed E-state index contributed by atoms with van der Waals surface area (Å²) >= 11 is 0. The minimum absolute atomic E-state index is 0.0421. The van der Waals surface area contributed by atoms with Crippen molar-refractivity contribution in [3.8, 4) is 0 Å². The third kappa shape index (κ3) is 2.29. The van der Waals surface area contributed by atoms with Gasteiger partial charge in [-0.05, 0) is 31.9 Å². The highest BCUT2D eigenvalue weighted by Crippen LogP contribution is 2.32. The number of hydrogen-bond acceptors (Lipinski definition) is 6. The van der Waals surface area contributed by atoms with E-state index >= 15 is 0 Å². The number of nitro groups is 1. The Kier molecular flexibility index (Phi) is 3.43. The van der Waals surface area contributed by atoms with E-state index in [1.807, 2.05) is 0 Å². The van der Waals surface area contributed by atoms with Crippen LogP contribution in [-0.4, -0.2) is 47.0 Å². The van der Waals surface area contributed by atoms with Gasteiger partial charge in [-0.1, -0.05) is 0 Å². The van der Waals surface area contributed by atoms with Crippen LogP contribution in [0.25, 0.3) is 0 Å². The van der Waals surface area contributed by atoms with E-state index in [9.17, 15) is 10.1 Å². The molecule has 0 saturated carbocycles. The summed E-state index contributed by atoms with van der Waals surface area (Å²) in [5.41, 5.74) is 0.0421. The maximum Gasteiger partial charge on any atom is 0.311 e. The number of anilines is 2. The first kappa shape index (κ1) is 13.1. The minimum Gasteiger partial charge on any atom is -0.373 e. The van der Waals surface area contributed by atoms with Crippen LogP contribution in [0.5, 0.6) is 0 Å². The van der Waals surface area contributed by atoms with Crippen molar-refractivity contribution in [2.75, 3.05) is 30.8 Å². The van der Waals surface area contributed by atoms with Crippen LogP contribution >= 0.6 is 0 Å². The van der Waals surface area contributed by atoms with Crippen LogP contribution in [0.2, 0.25) is 0 Å². The molecule has 20 heavy (non-hydrogen) atoms. The van der Waals surface area contributed by atoms with Crippen molar-refractivity contribution in [1.29, 1.82) is 0 Å². The first-order chi connectivity index (χ1) is 9.69. The van der Waals surface area contributed by atoms with Crippen LogP contribution in [0.15, 0.2) is 12.1 Å². The lowest BCUT2D eigenvalue weighted by molar-refractivity contribution is -0.384. The van der Waals surface area contributed by atoms with Crippen molar-refractivity contribution in [2.45, 2.75) is 31.3 Å². The second-order valence-electron chi connectivity index (χ2n) is 5.36. The van der Waals surface area contributed by atoms with Crippen LogP contribution in [0.3, 0.4) is 0 Å². The molecule has 3 rings (SSSR count). The van der Waals surface area contributed by atoms with E-state index in [1.165, 1.54) is 12.5 Å². The van der Waals surface area contributed by atoms with E-state index in [1.54, 1.807) is 13.1 Å². The smallest absolute Gasteiger partial charge is 0.311 e. The van der Waals surface area contributed by atoms with E-state index in [2.05, 4.69) is 20.5 Å². The van der Waals surface area contributed by atoms with E-state index in [0.717, 1.165) is 25.9 Å². The molecule has 3 heterocycles. The molecule has 2 N–H and O–H groups in total. The first-order valence-corrected chi connectivity index (χ1v) is 7.03. The van der Waals surface area contributed by atoms with Gasteiger partial charge in [-0.25, -0.2) is 4.98 Å². The summed E-state index contributed by atoms with van der Waals surface area (Å²) in [6.07, 6.45) is 3.40. The summed E-state index contributed by atoms with van der Waals surface area (Å²) < 4.78 is 0. The summed E-state index contributed by atoms with van der Waals surface area (Å²) in [6, 6.07) is 3.88. The van der Waals surface area contributed by atoms with Crippen molar-refractivity contribution in [2.24, 2.45) is 0 Å². The largest absolute Gasteiger partial charge is 0.373 e. The number of nitrogens with zero attached hydrogens (tertiary/aromatic N) is 3. The maximum atomic E-state index is 11.1. The molecule has 108 valence electrons. The number of aromatic nitrogens is 1. The molecule has 0 amide bonds. The molecule has 0 bridgehead atoms. The molecule has 0 aliphatic carbocycles. The van der Waals surface area contributed by atoms with Crippen LogP contribution < -0.4 is 10.6 Å². The Morgan fingerprint density at radius 1 is 1.40 bits per heavy atom. The third-order valence-corrected chi connectivity index (χ3v) is 4.25. The predicted octanol–water partition coefficient (Wildman–Crippen LogP) is 1.68. The molecule has 0 radical (unpaired) electrons. The van der Waals surface area contributed by atoms with Crippen molar-refractivity contribution in [3.05, 3.63) is 22.2 Å². The Morgan fingerprint density at radius 2 is 2.25 bits per heavy atom. The molecule has 2 fully saturated rings. The molecule has 2 saturated heterocycles. The quantitative estimate of drug-likeness (QED) is 0.643. The van der Waals surface area contributed by atoms with Gasteiger partial charge in [-0.2, -0.15) is 0 Å². The van der Waals surface area contributed by atoms with Crippen molar-refractivity contribution < 1.29 is 4.92 Å². The van der Waals surface area contributed by atoms with Gasteiger partial charge in [0.15, 0.2) is 0 Å². The van der Waals surface area contributed by atoms with Crippen molar-refractivity contribution in [1.82, 2.24) is 9.88 Å². The Hall–Kier alpha value is -1.89. The fourth-order valence-electron chi connectivity index (χ4n) is 3.27. The molecule has 2 unspecified atom stereocenters. The molecule has 1 aromatic heterocycles. The van der Waals surface area contributed by atoms with E-state index < -0.39 is 0 Å². The van der Waals surface area contributed by atoms with Gasteiger partial charge in [0.1, 0.15) is 5.82 Å². The molecule has 0 aromatic carbocycles. The topological polar surface area (TPSA) is 83.3 Å². The number of fused-ring (bicyclic) bond motifs is 1. The standard InChI is InChI=1S/C13H19N5O2/c1-14-12-5-4-11(18(19)20)13(16-12)15-9-6-8-17-7-2-3-10(9)17/h4-5,9-10H,2-3,6-8H2,1H3,(H2,14,15,16). The van der Waals surface area contributed by atoms with Gasteiger partial charge in [0.2, 0.25) is 5.82 Å². The molecule has 2 aliphatic heterocycles. The van der Waals surface area contributed by atoms with E-state index in [4.69, 9.17) is 0 Å². The normalized spacial score (nSPS) is 25.4. The summed E-state index contributed by atoms with van der Waals surface area (Å²) in [5.74, 6) is 1.01. The highest BCUT2D eigenvalue weighted by molar-refractivity contribution is 5.60. The average Bonchev–Trinajstić information content (AvgIpc) is 3.03. The summed E-state index contributed by atoms with van der Waals surface area (Å²) in [7, 11) is 1.76. The number of pyridine rings is 1. The second-order valence-corrected chi connectivity index (χ2v) is 5.36. The second kappa shape index (κ2) is 5.24. The monoisotopic (exact) mass is 277 g/mol. The molecule has 2 aliphatic rings. The summed E-state index contributed by atoms with van der Waals surface area (Å²) in [5, 5.41) is 17.3. The predicted molar refractivity (Wildman–Crippen MR) is 77.1 cm³/mol. The SMILES string of the molecule is CNc1ccc([N+](=O)[O-])c(NC2CCN3CCCC23)n1. The Balaban J connectivity index is 1.83. The van der Waals surface area contributed by atoms with E-state index in [-0.39, 0.29) is 16.7 Å². The van der Waals surface area contributed by atoms with Crippen molar-refractivity contribution >= 4 is 17.3 Å². The lowest BCUT2D eigenvalue weighted by Crippen LogP contribution is -2.34. The third-order valence-electron chi connectivity index (χ3n) is 4.25. The van der Waals surface area contributed by atoms with Gasteiger partial charge < -0.3 is 10.6 Å². The zero-order valence-electron chi connectivity index (χ0n) is 11.5. The summed E-state index contributed by atoms with van der Waals surface area (Å²) in [6.45, 7) is 2.22. The van der Waals surface area contributed by atoms with Crippen LogP contribution in [0.4, 0.5) is 17.3 Å². The molecule has 1 aromatic rings. The first-order valence-electron chi connectivity index (χ1n) is 7.03. The Labute approximate surface area is 117 Å². The molecular formula is C13H19N5O2. The van der Waals surface area contributed by atoms with Gasteiger partial charge in [0.05, 0.1) is 4.92 Å². The highest BCUT2D eigenvalue weighted by atomic mass is 16.6. The molecule has 7 heteroatoms. The van der Waals surface area contributed by atoms with Crippen LogP contribution in [0.1, 0.15) is 19.3 Å². The lowest BCUT2D eigenvalue weighted by Gasteiger charge is -2.21. The number of hydrogen-bond donors (Lipinski definition) is 2. The lowest BCUT2D eigenvalue weighted by atomic mass is 10.1. The fourth-order valence-corrected chi connectivity index (χ4v) is 3.27. The van der Waals surface area contributed by atoms with Crippen LogP contribution in [0, 0.1) is 10.1 Å². The Morgan fingerprint density at radius 3 is 3.00 bits per heavy atom. The molecule has 7 nitrogen and oxygen atoms in total. The maximum absolute atomic E-state index is 11.1. The molecule has 2 atom stereocenters. The van der Waals surface area contributed by atoms with Crippen molar-refractivity contribution in [3.63, 3.8) is 0 Å². The van der Waals surface area contributed by atoms with Gasteiger partial charge >= 0.3 is 5.69 Å². The average molecular weight is 277 g/mol. The number of rotatable bonds is 4. The zero-order chi connectivity index (χ0) is 14.1. The summed E-state index contributed by atoms with van der Waals surface area (Å²) in [4.78, 5) is 17.5. The van der Waals surface area contributed by atoms with Gasteiger partial charge in [0.25, 0.3) is 0 Å². The molecule has 0 spiro atoms. The van der Waals surface area contributed by atoms with Gasteiger partial charge in [0, 0.05) is 31.7 Å². The van der Waals surface area contributed by atoms with Gasteiger partial charge in [-0.3, -0.25) is 15.0 Å². The zero-order valence-corrected chi connectivity index (χ0v) is 11.5.